The zero-order valence-electron chi connectivity index (χ0n) is 15.0. The number of benzene rings is 5. The molecule has 0 spiro atoms. The second kappa shape index (κ2) is 6.34. The second-order valence-electron chi connectivity index (χ2n) is 7.29. The van der Waals surface area contributed by atoms with Crippen LogP contribution in [0.25, 0.3) is 32.3 Å². The lowest BCUT2D eigenvalue weighted by Crippen LogP contribution is -2.28. The molecule has 0 aliphatic heterocycles. The quantitative estimate of drug-likeness (QED) is 0.438. The largest absolute Gasteiger partial charge is 0.391 e. The van der Waals surface area contributed by atoms with Crippen molar-refractivity contribution in [2.45, 2.75) is 18.6 Å². The third-order valence-electron chi connectivity index (χ3n) is 5.62. The maximum Gasteiger partial charge on any atom is 0.0773 e. The van der Waals surface area contributed by atoms with Gasteiger partial charge in [0, 0.05) is 6.42 Å². The summed E-state index contributed by atoms with van der Waals surface area (Å²) in [6, 6.07) is 28.8. The summed E-state index contributed by atoms with van der Waals surface area (Å²) in [5.74, 6) is 0. The lowest BCUT2D eigenvalue weighted by atomic mass is 9.88. The van der Waals surface area contributed by atoms with Crippen LogP contribution in [0.4, 0.5) is 0 Å². The summed E-state index contributed by atoms with van der Waals surface area (Å²) in [5.41, 5.74) is 8.63. The minimum atomic E-state index is -0.633. The Balaban J connectivity index is 1.64. The Kier molecular flexibility index (Phi) is 3.82. The van der Waals surface area contributed by atoms with Gasteiger partial charge in [-0.15, -0.1) is 0 Å². The van der Waals surface area contributed by atoms with E-state index >= 15 is 0 Å². The minimum absolute atomic E-state index is 0.435. The first-order valence-electron chi connectivity index (χ1n) is 9.36. The molecule has 0 aliphatic rings. The van der Waals surface area contributed by atoms with E-state index in [1.54, 1.807) is 0 Å². The van der Waals surface area contributed by atoms with E-state index in [4.69, 9.17) is 5.73 Å². The van der Waals surface area contributed by atoms with Gasteiger partial charge in [-0.1, -0.05) is 84.9 Å². The third-order valence-corrected chi connectivity index (χ3v) is 5.62. The van der Waals surface area contributed by atoms with Crippen molar-refractivity contribution in [2.24, 2.45) is 5.73 Å². The van der Waals surface area contributed by atoms with Crippen LogP contribution < -0.4 is 5.73 Å². The number of aliphatic hydroxyl groups is 1. The van der Waals surface area contributed by atoms with Crippen molar-refractivity contribution in [1.29, 1.82) is 0 Å². The maximum absolute atomic E-state index is 10.8. The van der Waals surface area contributed by atoms with Crippen LogP contribution >= 0.6 is 0 Å². The molecule has 2 heteroatoms. The van der Waals surface area contributed by atoms with E-state index in [-0.39, 0.29) is 0 Å². The van der Waals surface area contributed by atoms with Crippen LogP contribution in [0.2, 0.25) is 0 Å². The van der Waals surface area contributed by atoms with Crippen molar-refractivity contribution in [2.75, 3.05) is 0 Å². The Morgan fingerprint density at radius 3 is 2.04 bits per heavy atom. The van der Waals surface area contributed by atoms with Gasteiger partial charge in [0.05, 0.1) is 12.1 Å². The molecule has 5 aromatic carbocycles. The van der Waals surface area contributed by atoms with Gasteiger partial charge in [0.25, 0.3) is 0 Å². The Morgan fingerprint density at radius 1 is 0.667 bits per heavy atom. The van der Waals surface area contributed by atoms with Gasteiger partial charge < -0.3 is 10.8 Å². The van der Waals surface area contributed by atoms with Crippen LogP contribution in [-0.2, 0) is 6.42 Å². The summed E-state index contributed by atoms with van der Waals surface area (Å²) in [7, 11) is 0. The van der Waals surface area contributed by atoms with Gasteiger partial charge in [-0.2, -0.15) is 0 Å². The van der Waals surface area contributed by atoms with Crippen LogP contribution in [-0.4, -0.2) is 11.2 Å². The number of hydrogen-bond donors (Lipinski definition) is 2. The van der Waals surface area contributed by atoms with Crippen molar-refractivity contribution in [1.82, 2.24) is 0 Å². The van der Waals surface area contributed by atoms with Gasteiger partial charge in [-0.25, -0.2) is 0 Å². The molecule has 0 radical (unpaired) electrons. The fourth-order valence-electron chi connectivity index (χ4n) is 4.24. The van der Waals surface area contributed by atoms with Gasteiger partial charge >= 0.3 is 0 Å². The molecule has 0 aromatic heterocycles. The van der Waals surface area contributed by atoms with Gasteiger partial charge in [0.1, 0.15) is 0 Å². The topological polar surface area (TPSA) is 46.2 Å². The predicted molar refractivity (Wildman–Crippen MR) is 113 cm³/mol. The van der Waals surface area contributed by atoms with Crippen molar-refractivity contribution < 1.29 is 5.11 Å². The zero-order valence-corrected chi connectivity index (χ0v) is 15.0. The van der Waals surface area contributed by atoms with E-state index in [9.17, 15) is 5.11 Å². The van der Waals surface area contributed by atoms with Gasteiger partial charge in [-0.3, -0.25) is 0 Å². The van der Waals surface area contributed by atoms with Gasteiger partial charge in [0.2, 0.25) is 0 Å². The molecule has 2 nitrogen and oxygen atoms in total. The summed E-state index contributed by atoms with van der Waals surface area (Å²) >= 11 is 0. The molecule has 27 heavy (non-hydrogen) atoms. The Hall–Kier alpha value is -2.94. The van der Waals surface area contributed by atoms with Crippen molar-refractivity contribution >= 4 is 32.3 Å². The molecular weight excluding hydrogens is 330 g/mol. The monoisotopic (exact) mass is 351 g/mol. The van der Waals surface area contributed by atoms with E-state index in [0.717, 1.165) is 16.5 Å². The van der Waals surface area contributed by atoms with Gasteiger partial charge in [0.15, 0.2) is 0 Å². The van der Waals surface area contributed by atoms with Crippen LogP contribution in [0.3, 0.4) is 0 Å². The number of hydrogen-bond acceptors (Lipinski definition) is 2. The highest BCUT2D eigenvalue weighted by atomic mass is 16.3. The molecule has 5 aromatic rings. The molecule has 0 saturated heterocycles. The van der Waals surface area contributed by atoms with Crippen LogP contribution in [0.5, 0.6) is 0 Å². The first-order valence-corrected chi connectivity index (χ1v) is 9.36. The standard InChI is InChI=1S/C25H21NO/c26-25(22(27)15-16-5-2-1-3-6-16)21-14-12-19-10-9-17-7-4-8-18-11-13-20(21)24(19)23(17)18/h1-14,22,25,27H,15,26H2/t22-,25+/m1/s1. The Labute approximate surface area is 158 Å². The first-order chi connectivity index (χ1) is 13.2. The average molecular weight is 351 g/mol. The highest BCUT2D eigenvalue weighted by molar-refractivity contribution is 6.23. The molecule has 0 aliphatic carbocycles. The highest BCUT2D eigenvalue weighted by Gasteiger charge is 2.21. The molecule has 0 fully saturated rings. The lowest BCUT2D eigenvalue weighted by molar-refractivity contribution is 0.145. The van der Waals surface area contributed by atoms with E-state index in [0.29, 0.717) is 6.42 Å². The van der Waals surface area contributed by atoms with Gasteiger partial charge in [-0.05, 0) is 43.4 Å². The molecule has 2 atom stereocenters. The summed E-state index contributed by atoms with van der Waals surface area (Å²) in [4.78, 5) is 0. The zero-order chi connectivity index (χ0) is 18.4. The predicted octanol–water partition coefficient (Wildman–Crippen LogP) is 5.19. The summed E-state index contributed by atoms with van der Waals surface area (Å²) < 4.78 is 0. The molecule has 5 rings (SSSR count). The fraction of sp³-hybridized carbons (Fsp3) is 0.120. The number of aliphatic hydroxyl groups excluding tert-OH is 1. The first kappa shape index (κ1) is 16.2. The fourth-order valence-corrected chi connectivity index (χ4v) is 4.24. The minimum Gasteiger partial charge on any atom is -0.391 e. The van der Waals surface area contributed by atoms with E-state index < -0.39 is 12.1 Å². The molecule has 132 valence electrons. The van der Waals surface area contributed by atoms with Crippen LogP contribution in [0, 0.1) is 0 Å². The number of nitrogens with two attached hydrogens (primary N) is 1. The molecule has 0 unspecified atom stereocenters. The average Bonchev–Trinajstić information content (AvgIpc) is 2.72. The van der Waals surface area contributed by atoms with E-state index in [2.05, 4.69) is 54.6 Å². The third kappa shape index (κ3) is 2.66. The normalized spacial score (nSPS) is 14.1. The van der Waals surface area contributed by atoms with E-state index in [1.165, 1.54) is 26.9 Å². The summed E-state index contributed by atoms with van der Waals surface area (Å²) in [6.45, 7) is 0. The molecule has 0 bridgehead atoms. The van der Waals surface area contributed by atoms with Crippen molar-refractivity contribution in [3.63, 3.8) is 0 Å². The lowest BCUT2D eigenvalue weighted by Gasteiger charge is -2.22. The smallest absolute Gasteiger partial charge is 0.0773 e. The molecule has 0 heterocycles. The van der Waals surface area contributed by atoms with E-state index in [1.807, 2.05) is 30.3 Å². The second-order valence-corrected chi connectivity index (χ2v) is 7.29. The molecule has 0 amide bonds. The molecule has 3 N–H and O–H groups in total. The van der Waals surface area contributed by atoms with Crippen molar-refractivity contribution in [3.05, 3.63) is 96.1 Å². The van der Waals surface area contributed by atoms with Crippen LogP contribution in [0.15, 0.2) is 84.9 Å². The maximum atomic E-state index is 10.8. The van der Waals surface area contributed by atoms with Crippen molar-refractivity contribution in [3.8, 4) is 0 Å². The SMILES string of the molecule is N[C@@H](c1ccc2ccc3cccc4ccc1c2c34)[C@H](O)Cc1ccccc1. The summed E-state index contributed by atoms with van der Waals surface area (Å²) in [6.07, 6.45) is -0.0878. The molecular formula is C25H21NO. The highest BCUT2D eigenvalue weighted by Crippen LogP contribution is 2.37. The Bertz CT molecular complexity index is 1210. The Morgan fingerprint density at radius 2 is 1.30 bits per heavy atom. The number of rotatable bonds is 4. The molecule has 0 saturated carbocycles. The summed E-state index contributed by atoms with van der Waals surface area (Å²) in [5, 5.41) is 18.1. The van der Waals surface area contributed by atoms with Crippen LogP contribution in [0.1, 0.15) is 17.2 Å².